The van der Waals surface area contributed by atoms with Crippen molar-refractivity contribution in [3.63, 3.8) is 0 Å². The fraction of sp³-hybridized carbons (Fsp3) is 0.353. The third kappa shape index (κ3) is 4.09. The number of hydrogen-bond acceptors (Lipinski definition) is 3. The van der Waals surface area contributed by atoms with Crippen molar-refractivity contribution < 1.29 is 0 Å². The molecule has 20 heavy (non-hydrogen) atoms. The molecule has 1 unspecified atom stereocenters. The molecule has 1 aromatic carbocycles. The van der Waals surface area contributed by atoms with E-state index >= 15 is 0 Å². The van der Waals surface area contributed by atoms with Crippen LogP contribution >= 0.6 is 11.8 Å². The molecule has 0 aliphatic rings. The van der Waals surface area contributed by atoms with Gasteiger partial charge in [-0.1, -0.05) is 42.8 Å². The highest BCUT2D eigenvalue weighted by Gasteiger charge is 2.10. The number of aryl methyl sites for hydroxylation is 1. The van der Waals surface area contributed by atoms with Crippen LogP contribution < -0.4 is 5.32 Å². The van der Waals surface area contributed by atoms with Crippen LogP contribution in [0.5, 0.6) is 0 Å². The van der Waals surface area contributed by atoms with Crippen LogP contribution in [0.25, 0.3) is 0 Å². The predicted molar refractivity (Wildman–Crippen MR) is 87.1 cm³/mol. The quantitative estimate of drug-likeness (QED) is 0.799. The Morgan fingerprint density at radius 3 is 2.85 bits per heavy atom. The third-order valence-electron chi connectivity index (χ3n) is 3.24. The second-order valence-corrected chi connectivity index (χ2v) is 5.92. The zero-order valence-corrected chi connectivity index (χ0v) is 13.2. The van der Waals surface area contributed by atoms with Gasteiger partial charge in [0.1, 0.15) is 5.03 Å². The largest absolute Gasteiger partial charge is 0.310 e. The van der Waals surface area contributed by atoms with Crippen LogP contribution in [0.15, 0.2) is 47.6 Å². The van der Waals surface area contributed by atoms with Crippen molar-refractivity contribution in [3.8, 4) is 0 Å². The minimum atomic E-state index is 0.341. The summed E-state index contributed by atoms with van der Waals surface area (Å²) in [5.74, 6) is 0.963. The molecule has 1 atom stereocenters. The Morgan fingerprint density at radius 2 is 2.10 bits per heavy atom. The molecule has 0 bridgehead atoms. The van der Waals surface area contributed by atoms with Crippen molar-refractivity contribution in [1.82, 2.24) is 10.3 Å². The molecule has 0 aliphatic heterocycles. The summed E-state index contributed by atoms with van der Waals surface area (Å²) in [7, 11) is 0. The lowest BCUT2D eigenvalue weighted by Gasteiger charge is -2.15. The summed E-state index contributed by atoms with van der Waals surface area (Å²) >= 11 is 1.81. The van der Waals surface area contributed by atoms with Gasteiger partial charge in [-0.25, -0.2) is 4.98 Å². The number of thioether (sulfide) groups is 1. The SMILES string of the molecule is CCNC(C)c1cccnc1SCc1cccc(C)c1. The molecule has 0 amide bonds. The van der Waals surface area contributed by atoms with Gasteiger partial charge in [0.2, 0.25) is 0 Å². The molecule has 0 fully saturated rings. The second kappa shape index (κ2) is 7.46. The molecule has 0 spiro atoms. The first-order valence-electron chi connectivity index (χ1n) is 7.07. The predicted octanol–water partition coefficient (Wildman–Crippen LogP) is 4.35. The number of pyridine rings is 1. The van der Waals surface area contributed by atoms with E-state index in [1.165, 1.54) is 16.7 Å². The van der Waals surface area contributed by atoms with Crippen molar-refractivity contribution in [1.29, 1.82) is 0 Å². The van der Waals surface area contributed by atoms with Crippen LogP contribution in [0.3, 0.4) is 0 Å². The summed E-state index contributed by atoms with van der Waals surface area (Å²) in [6.07, 6.45) is 1.88. The molecule has 2 rings (SSSR count). The fourth-order valence-electron chi connectivity index (χ4n) is 2.22. The summed E-state index contributed by atoms with van der Waals surface area (Å²) in [5.41, 5.74) is 3.94. The lowest BCUT2D eigenvalue weighted by atomic mass is 10.1. The van der Waals surface area contributed by atoms with E-state index < -0.39 is 0 Å². The molecule has 0 saturated heterocycles. The number of hydrogen-bond donors (Lipinski definition) is 1. The Morgan fingerprint density at radius 1 is 1.25 bits per heavy atom. The molecule has 106 valence electrons. The number of aromatic nitrogens is 1. The van der Waals surface area contributed by atoms with E-state index in [0.717, 1.165) is 17.3 Å². The van der Waals surface area contributed by atoms with Crippen LogP contribution in [-0.2, 0) is 5.75 Å². The topological polar surface area (TPSA) is 24.9 Å². The van der Waals surface area contributed by atoms with Crippen molar-refractivity contribution in [2.75, 3.05) is 6.54 Å². The van der Waals surface area contributed by atoms with E-state index in [1.54, 1.807) is 0 Å². The molecule has 2 nitrogen and oxygen atoms in total. The number of rotatable bonds is 6. The fourth-order valence-corrected chi connectivity index (χ4v) is 3.25. The summed E-state index contributed by atoms with van der Waals surface area (Å²) in [6, 6.07) is 13.2. The maximum absolute atomic E-state index is 4.54. The normalized spacial score (nSPS) is 12.3. The summed E-state index contributed by atoms with van der Waals surface area (Å²) in [4.78, 5) is 4.54. The molecule has 0 aliphatic carbocycles. The van der Waals surface area contributed by atoms with Gasteiger partial charge in [0.25, 0.3) is 0 Å². The third-order valence-corrected chi connectivity index (χ3v) is 4.33. The summed E-state index contributed by atoms with van der Waals surface area (Å²) < 4.78 is 0. The smallest absolute Gasteiger partial charge is 0.101 e. The van der Waals surface area contributed by atoms with E-state index in [2.05, 4.69) is 61.4 Å². The second-order valence-electron chi connectivity index (χ2n) is 4.95. The number of benzene rings is 1. The van der Waals surface area contributed by atoms with Crippen LogP contribution in [0, 0.1) is 6.92 Å². The van der Waals surface area contributed by atoms with Crippen molar-refractivity contribution >= 4 is 11.8 Å². The Labute approximate surface area is 126 Å². The Bertz CT molecular complexity index is 554. The van der Waals surface area contributed by atoms with Gasteiger partial charge in [0.15, 0.2) is 0 Å². The van der Waals surface area contributed by atoms with E-state index in [1.807, 2.05) is 24.0 Å². The van der Waals surface area contributed by atoms with Crippen molar-refractivity contribution in [3.05, 3.63) is 59.3 Å². The zero-order valence-electron chi connectivity index (χ0n) is 12.4. The van der Waals surface area contributed by atoms with Gasteiger partial charge in [-0.2, -0.15) is 0 Å². The molecule has 1 aromatic heterocycles. The van der Waals surface area contributed by atoms with Gasteiger partial charge < -0.3 is 5.32 Å². The first kappa shape index (κ1) is 15.1. The van der Waals surface area contributed by atoms with Gasteiger partial charge in [-0.3, -0.25) is 0 Å². The molecule has 1 N–H and O–H groups in total. The molecule has 0 saturated carbocycles. The van der Waals surface area contributed by atoms with Crippen molar-refractivity contribution in [2.24, 2.45) is 0 Å². The van der Waals surface area contributed by atoms with Gasteiger partial charge in [-0.15, -0.1) is 11.8 Å². The number of nitrogens with one attached hydrogen (secondary N) is 1. The minimum absolute atomic E-state index is 0.341. The highest BCUT2D eigenvalue weighted by molar-refractivity contribution is 7.98. The first-order valence-corrected chi connectivity index (χ1v) is 8.06. The van der Waals surface area contributed by atoms with Crippen LogP contribution in [0.2, 0.25) is 0 Å². The lowest BCUT2D eigenvalue weighted by molar-refractivity contribution is 0.585. The minimum Gasteiger partial charge on any atom is -0.310 e. The highest BCUT2D eigenvalue weighted by Crippen LogP contribution is 2.28. The van der Waals surface area contributed by atoms with Gasteiger partial charge >= 0.3 is 0 Å². The molecule has 0 radical (unpaired) electrons. The maximum atomic E-state index is 4.54. The Hall–Kier alpha value is -1.32. The Balaban J connectivity index is 2.09. The summed E-state index contributed by atoms with van der Waals surface area (Å²) in [5, 5.41) is 4.58. The maximum Gasteiger partial charge on any atom is 0.101 e. The average molecular weight is 286 g/mol. The highest BCUT2D eigenvalue weighted by atomic mass is 32.2. The van der Waals surface area contributed by atoms with Crippen LogP contribution in [0.1, 0.15) is 36.6 Å². The van der Waals surface area contributed by atoms with E-state index in [-0.39, 0.29) is 0 Å². The van der Waals surface area contributed by atoms with Crippen molar-refractivity contribution in [2.45, 2.75) is 37.6 Å². The van der Waals surface area contributed by atoms with Gasteiger partial charge in [0.05, 0.1) is 0 Å². The average Bonchev–Trinajstić information content (AvgIpc) is 2.46. The molecule has 2 aromatic rings. The van der Waals surface area contributed by atoms with E-state index in [9.17, 15) is 0 Å². The monoisotopic (exact) mass is 286 g/mol. The van der Waals surface area contributed by atoms with Crippen LogP contribution in [-0.4, -0.2) is 11.5 Å². The molecule has 3 heteroatoms. The summed E-state index contributed by atoms with van der Waals surface area (Å²) in [6.45, 7) is 7.43. The zero-order chi connectivity index (χ0) is 14.4. The molecular formula is C17H22N2S. The van der Waals surface area contributed by atoms with Crippen LogP contribution in [0.4, 0.5) is 0 Å². The molecular weight excluding hydrogens is 264 g/mol. The van der Waals surface area contributed by atoms with Gasteiger partial charge in [0, 0.05) is 23.6 Å². The standard InChI is InChI=1S/C17H22N2S/c1-4-18-14(3)16-9-6-10-19-17(16)20-12-15-8-5-7-13(2)11-15/h5-11,14,18H,4,12H2,1-3H3. The number of nitrogens with zero attached hydrogens (tertiary/aromatic N) is 1. The first-order chi connectivity index (χ1) is 9.70. The van der Waals surface area contributed by atoms with E-state index in [0.29, 0.717) is 6.04 Å². The Kier molecular flexibility index (Phi) is 5.62. The van der Waals surface area contributed by atoms with E-state index in [4.69, 9.17) is 0 Å². The molecule has 1 heterocycles. The van der Waals surface area contributed by atoms with Gasteiger partial charge in [-0.05, 0) is 32.0 Å². The lowest BCUT2D eigenvalue weighted by Crippen LogP contribution is -2.18.